The molecule has 0 fully saturated rings. The standard InChI is InChI=1S/C47H28N4O.C46H28N2O.C41H25N3O/c1-48-34-24-33(27-44-49-46(29-12-4-2-5-13-29)51-47(50-44)30-14-6-3-7-15-30)45-41-26-32(21-23-42(41)52-43(45)28-34)31-20-22-39-37-18-9-8-16-35(37)36-17-10-11-19-38(36)40(39)25-31;1-3-12-29(13-4-1)41-28-42(30-14-5-2-6-15-30)48-46(47-41)38-20-11-21-44-45(38)40-27-32(23-25-43(40)49-44)31-22-24-37-35-18-8-7-16-33(35)34-17-9-10-19-36(34)39(37)26-31;1-3-11-27(12-4-1)39-42-40(28-13-5-2-6-14-28)44-41(43-39)34-16-9-17-37-38(34)35-25-30(21-23-36(35)45-37)29-20-22-33-31(24-29)19-18-26-10-7-8-15-32(26)33/h2-26,28H,27H2;1-28H;1-25H/i;11D,20D,21D,23D,25D,27D;9D,16D,17D,21D,23D,25D. The van der Waals surface area contributed by atoms with Crippen molar-refractivity contribution in [2.24, 2.45) is 0 Å². The van der Waals surface area contributed by atoms with Gasteiger partial charge >= 0.3 is 0 Å². The van der Waals surface area contributed by atoms with E-state index in [1.165, 1.54) is 32.3 Å². The zero-order valence-corrected chi connectivity index (χ0v) is 77.6. The van der Waals surface area contributed by atoms with Crippen molar-refractivity contribution in [3.63, 3.8) is 0 Å². The predicted molar refractivity (Wildman–Crippen MR) is 599 cm³/mol. The Kier molecular flexibility index (Phi) is 18.1. The second-order valence-corrected chi connectivity index (χ2v) is 35.9. The number of benzene rings is 23. The lowest BCUT2D eigenvalue weighted by molar-refractivity contribution is 0.668. The smallest absolute Gasteiger partial charge is 0.191 e. The van der Waals surface area contributed by atoms with Gasteiger partial charge in [-0.25, -0.2) is 44.7 Å². The lowest BCUT2D eigenvalue weighted by Gasteiger charge is -2.12. The summed E-state index contributed by atoms with van der Waals surface area (Å²) >= 11 is 0. The molecule has 0 spiro atoms. The van der Waals surface area contributed by atoms with Gasteiger partial charge in [-0.3, -0.25) is 0 Å². The van der Waals surface area contributed by atoms with E-state index in [0.29, 0.717) is 80.5 Å². The zero-order valence-electron chi connectivity index (χ0n) is 89.6. The summed E-state index contributed by atoms with van der Waals surface area (Å²) in [6, 6.07) is 131. The highest BCUT2D eigenvalue weighted by atomic mass is 16.3. The fraction of sp³-hybridized carbons (Fsp3) is 0.00746. The van der Waals surface area contributed by atoms with Gasteiger partial charge in [0.15, 0.2) is 40.6 Å². The minimum Gasteiger partial charge on any atom is -0.457 e. The van der Waals surface area contributed by atoms with E-state index in [-0.39, 0.29) is 138 Å². The Labute approximate surface area is 854 Å². The third-order valence-corrected chi connectivity index (χ3v) is 27.2. The number of hydrogen-bond acceptors (Lipinski definition) is 11. The van der Waals surface area contributed by atoms with Crippen LogP contribution in [0.1, 0.15) is 27.8 Å². The molecule has 23 aromatic carbocycles. The predicted octanol–water partition coefficient (Wildman–Crippen LogP) is 35.6. The first kappa shape index (κ1) is 73.3. The molecule has 6 heterocycles. The molecule has 0 bridgehead atoms. The number of rotatable bonds is 13. The monoisotopic (exact) mass is 1880 g/mol. The first-order valence-electron chi connectivity index (χ1n) is 53.9. The number of fused-ring (bicyclic) bond motifs is 24. The topological polar surface area (TPSA) is 147 Å². The van der Waals surface area contributed by atoms with Crippen LogP contribution < -0.4 is 0 Å². The molecular formula is C134H81N9O3. The van der Waals surface area contributed by atoms with Gasteiger partial charge in [-0.1, -0.05) is 400 Å². The quantitative estimate of drug-likeness (QED) is 0.0803. The Morgan fingerprint density at radius 2 is 0.555 bits per heavy atom. The maximum atomic E-state index is 9.75. The molecule has 0 radical (unpaired) electrons. The van der Waals surface area contributed by atoms with E-state index in [2.05, 4.69) is 120 Å². The van der Waals surface area contributed by atoms with Gasteiger partial charge < -0.3 is 13.3 Å². The summed E-state index contributed by atoms with van der Waals surface area (Å²) in [5, 5.41) is 20.6. The molecule has 0 aliphatic heterocycles. The molecule has 0 amide bonds. The van der Waals surface area contributed by atoms with Gasteiger partial charge in [-0.05, 0) is 204 Å². The summed E-state index contributed by atoms with van der Waals surface area (Å²) in [4.78, 5) is 42.8. The molecule has 12 heteroatoms. The Balaban J connectivity index is 0.000000115. The minimum atomic E-state index is -0.411. The largest absolute Gasteiger partial charge is 0.457 e. The summed E-state index contributed by atoms with van der Waals surface area (Å²) in [5.41, 5.74) is 12.7. The minimum absolute atomic E-state index is 0.0597. The maximum absolute atomic E-state index is 9.75. The van der Waals surface area contributed by atoms with E-state index in [0.717, 1.165) is 109 Å². The second kappa shape index (κ2) is 36.1. The fourth-order valence-electron chi connectivity index (χ4n) is 20.3. The number of aromatic nitrogens is 8. The van der Waals surface area contributed by atoms with Gasteiger partial charge in [0.2, 0.25) is 0 Å². The average molecular weight is 1880 g/mol. The molecule has 12 nitrogen and oxygen atoms in total. The van der Waals surface area contributed by atoms with Crippen molar-refractivity contribution < 1.29 is 29.7 Å². The van der Waals surface area contributed by atoms with Crippen LogP contribution in [0.2, 0.25) is 0 Å². The van der Waals surface area contributed by atoms with E-state index in [1.807, 2.05) is 291 Å². The molecule has 680 valence electrons. The highest BCUT2D eigenvalue weighted by Gasteiger charge is 2.25. The third kappa shape index (κ3) is 15.5. The fourth-order valence-corrected chi connectivity index (χ4v) is 20.3. The molecule has 0 aliphatic carbocycles. The highest BCUT2D eigenvalue weighted by Crippen LogP contribution is 2.47. The van der Waals surface area contributed by atoms with Crippen LogP contribution in [0.15, 0.2) is 492 Å². The van der Waals surface area contributed by atoms with Crippen molar-refractivity contribution in [2.75, 3.05) is 0 Å². The van der Waals surface area contributed by atoms with E-state index < -0.39 is 12.1 Å². The van der Waals surface area contributed by atoms with Crippen molar-refractivity contribution >= 4 is 158 Å². The molecule has 0 N–H and O–H groups in total. The van der Waals surface area contributed by atoms with E-state index in [4.69, 9.17) is 69.3 Å². The summed E-state index contributed by atoms with van der Waals surface area (Å²) in [6.07, 6.45) is 0.399. The SMILES string of the molecule is [2H]c1c(-c2ccc3c(ccc4ccccc43)c2)c([2H])c2c(oc3c([2H])c([2H])c([2H])c(-c4nc(-c5ccccc5)nc(-c5ccccc5)n4)c32)c1[2H].[2H]c1c(-c2ccc3c4ccccc4c4ccccc4c3c2)c([2H])c2c(oc3c([2H])c([2H])c([2H])c(-c4nc(-c5ccccc5)cc(-c5ccccc5)n4)c32)c1[2H].[C-]#[N+]c1cc(Cc2nc(-c3ccccc3)nc(-c3ccccc3)n2)c2c(c1)oc1ccc(-c3ccc4c5ccccc5c5ccccc5c4c3)cc12. The van der Waals surface area contributed by atoms with Crippen molar-refractivity contribution in [3.05, 3.63) is 502 Å². The first-order chi connectivity index (χ1) is 77.3. The van der Waals surface area contributed by atoms with Crippen LogP contribution in [0.4, 0.5) is 5.69 Å². The van der Waals surface area contributed by atoms with Crippen molar-refractivity contribution in [3.8, 4) is 124 Å². The molecule has 0 saturated heterocycles. The van der Waals surface area contributed by atoms with Crippen LogP contribution in [0, 0.1) is 6.57 Å². The Bertz CT molecular complexity index is 10900. The van der Waals surface area contributed by atoms with Crippen LogP contribution in [0.3, 0.4) is 0 Å². The lowest BCUT2D eigenvalue weighted by Crippen LogP contribution is -2.04. The summed E-state index contributed by atoms with van der Waals surface area (Å²) in [5.74, 6) is 2.70. The van der Waals surface area contributed by atoms with Crippen LogP contribution in [-0.2, 0) is 6.42 Å². The number of furan rings is 3. The van der Waals surface area contributed by atoms with Crippen LogP contribution in [0.5, 0.6) is 0 Å². The van der Waals surface area contributed by atoms with Gasteiger partial charge in [0.05, 0.1) is 34.4 Å². The van der Waals surface area contributed by atoms with Gasteiger partial charge in [-0.2, -0.15) is 0 Å². The third-order valence-electron chi connectivity index (χ3n) is 27.2. The van der Waals surface area contributed by atoms with E-state index >= 15 is 0 Å². The second-order valence-electron chi connectivity index (χ2n) is 35.9. The highest BCUT2D eigenvalue weighted by molar-refractivity contribution is 6.28. The van der Waals surface area contributed by atoms with Gasteiger partial charge in [0, 0.05) is 83.2 Å². The normalized spacial score (nSPS) is 12.7. The summed E-state index contributed by atoms with van der Waals surface area (Å²) in [6.45, 7) is 7.89. The van der Waals surface area contributed by atoms with Crippen molar-refractivity contribution in [2.45, 2.75) is 6.42 Å². The maximum Gasteiger partial charge on any atom is 0.191 e. The molecular weight excluding hydrogens is 1780 g/mol. The molecule has 0 saturated carbocycles. The van der Waals surface area contributed by atoms with Crippen molar-refractivity contribution in [1.82, 2.24) is 39.9 Å². The van der Waals surface area contributed by atoms with Crippen LogP contribution >= 0.6 is 0 Å². The zero-order chi connectivity index (χ0) is 107. The molecule has 0 atom stereocenters. The van der Waals surface area contributed by atoms with Crippen LogP contribution in [0.25, 0.3) is 281 Å². The Hall–Kier alpha value is -19.9. The number of hydrogen-bond donors (Lipinski definition) is 0. The average Bonchev–Trinajstić information content (AvgIpc) is 1.54. The molecule has 146 heavy (non-hydrogen) atoms. The van der Waals surface area contributed by atoms with E-state index in [9.17, 15) is 6.85 Å². The molecule has 29 aromatic rings. The molecule has 6 aromatic heterocycles. The summed E-state index contributed by atoms with van der Waals surface area (Å²) in [7, 11) is 0. The van der Waals surface area contributed by atoms with Crippen molar-refractivity contribution in [1.29, 1.82) is 0 Å². The Morgan fingerprint density at radius 1 is 0.212 bits per heavy atom. The van der Waals surface area contributed by atoms with Gasteiger partial charge in [0.1, 0.15) is 39.3 Å². The van der Waals surface area contributed by atoms with E-state index in [1.54, 1.807) is 0 Å². The molecule has 0 unspecified atom stereocenters. The summed E-state index contributed by atoms with van der Waals surface area (Å²) < 4.78 is 128. The lowest BCUT2D eigenvalue weighted by atomic mass is 9.91. The molecule has 0 aliphatic rings. The van der Waals surface area contributed by atoms with Crippen LogP contribution in [-0.4, -0.2) is 39.9 Å². The van der Waals surface area contributed by atoms with Gasteiger partial charge in [0.25, 0.3) is 0 Å². The molecule has 29 rings (SSSR count). The first-order valence-corrected chi connectivity index (χ1v) is 47.9. The van der Waals surface area contributed by atoms with Gasteiger partial charge in [-0.15, -0.1) is 0 Å². The number of nitrogens with zero attached hydrogens (tertiary/aromatic N) is 9. The Morgan fingerprint density at radius 3 is 1.01 bits per heavy atom.